The first-order chi connectivity index (χ1) is 11.3. The molecule has 1 aliphatic rings. The van der Waals surface area contributed by atoms with Crippen LogP contribution in [0.5, 0.6) is 0 Å². The normalized spacial score (nSPS) is 17.9. The van der Waals surface area contributed by atoms with E-state index in [2.05, 4.69) is 9.98 Å². The fourth-order valence-electron chi connectivity index (χ4n) is 3.25. The summed E-state index contributed by atoms with van der Waals surface area (Å²) in [6.07, 6.45) is 2.40. The summed E-state index contributed by atoms with van der Waals surface area (Å²) in [5, 5.41) is 11.3. The van der Waals surface area contributed by atoms with Gasteiger partial charge < -0.3 is 5.11 Å². The summed E-state index contributed by atoms with van der Waals surface area (Å²) >= 11 is 0. The summed E-state index contributed by atoms with van der Waals surface area (Å²) in [5.74, 6) is 0.0635. The number of nitrogens with zero attached hydrogens (tertiary/aromatic N) is 2. The highest BCUT2D eigenvalue weighted by molar-refractivity contribution is 6.15. The van der Waals surface area contributed by atoms with Gasteiger partial charge in [0.1, 0.15) is 5.76 Å². The number of aliphatic imine (C=N–C) groups is 1. The van der Waals surface area contributed by atoms with Crippen LogP contribution in [0.2, 0.25) is 0 Å². The number of allylic oxidation sites excluding steroid dienone is 2. The number of carbonyl (C=O) groups excluding carboxylic acids is 1. The van der Waals surface area contributed by atoms with Gasteiger partial charge in [-0.25, -0.2) is 0 Å². The van der Waals surface area contributed by atoms with Crippen LogP contribution in [0.4, 0.5) is 5.69 Å². The Balaban J connectivity index is 2.04. The van der Waals surface area contributed by atoms with Gasteiger partial charge >= 0.3 is 0 Å². The molecule has 4 heteroatoms. The molecule has 1 heterocycles. The van der Waals surface area contributed by atoms with Crippen molar-refractivity contribution >= 4 is 28.6 Å². The van der Waals surface area contributed by atoms with Crippen LogP contribution < -0.4 is 0 Å². The van der Waals surface area contributed by atoms with Crippen LogP contribution in [0, 0.1) is 19.3 Å². The predicted molar refractivity (Wildman–Crippen MR) is 97.0 cm³/mol. The van der Waals surface area contributed by atoms with E-state index in [4.69, 9.17) is 0 Å². The maximum Gasteiger partial charge on any atom is 0.168 e. The molecule has 24 heavy (non-hydrogen) atoms. The molecule has 0 unspecified atom stereocenters. The molecule has 124 valence electrons. The number of pyridine rings is 1. The monoisotopic (exact) mass is 322 g/mol. The van der Waals surface area contributed by atoms with E-state index in [1.165, 1.54) is 6.21 Å². The number of fused-ring (bicyclic) bond motifs is 1. The Morgan fingerprint density at radius 2 is 2.00 bits per heavy atom. The number of aliphatic hydroxyl groups is 1. The third kappa shape index (κ3) is 3.09. The summed E-state index contributed by atoms with van der Waals surface area (Å²) in [5.41, 5.74) is 3.71. The molecule has 0 aliphatic heterocycles. The molecule has 0 amide bonds. The van der Waals surface area contributed by atoms with Crippen molar-refractivity contribution in [3.63, 3.8) is 0 Å². The van der Waals surface area contributed by atoms with Crippen molar-refractivity contribution in [3.8, 4) is 0 Å². The Bertz CT molecular complexity index is 892. The summed E-state index contributed by atoms with van der Waals surface area (Å²) in [6.45, 7) is 7.96. The van der Waals surface area contributed by atoms with Gasteiger partial charge in [-0.2, -0.15) is 0 Å². The van der Waals surface area contributed by atoms with Gasteiger partial charge in [-0.15, -0.1) is 0 Å². The summed E-state index contributed by atoms with van der Waals surface area (Å²) in [6, 6.07) is 7.86. The average molecular weight is 322 g/mol. The van der Waals surface area contributed by atoms with Gasteiger partial charge in [0.25, 0.3) is 0 Å². The Labute approximate surface area is 142 Å². The second kappa shape index (κ2) is 5.86. The molecule has 1 aliphatic carbocycles. The number of carbonyl (C=O) groups is 1. The third-order valence-corrected chi connectivity index (χ3v) is 4.38. The largest absolute Gasteiger partial charge is 0.511 e. The number of ketones is 1. The fourth-order valence-corrected chi connectivity index (χ4v) is 3.25. The van der Waals surface area contributed by atoms with Gasteiger partial charge in [0, 0.05) is 30.1 Å². The number of benzene rings is 1. The minimum absolute atomic E-state index is 0.0620. The van der Waals surface area contributed by atoms with Gasteiger partial charge in [-0.3, -0.25) is 14.8 Å². The first kappa shape index (κ1) is 16.4. The van der Waals surface area contributed by atoms with E-state index >= 15 is 0 Å². The number of hydrogen-bond donors (Lipinski definition) is 1. The van der Waals surface area contributed by atoms with Gasteiger partial charge in [-0.05, 0) is 37.0 Å². The van der Waals surface area contributed by atoms with Crippen molar-refractivity contribution in [2.45, 2.75) is 40.5 Å². The van der Waals surface area contributed by atoms with Crippen molar-refractivity contribution in [1.29, 1.82) is 0 Å². The van der Waals surface area contributed by atoms with Crippen LogP contribution in [-0.4, -0.2) is 22.1 Å². The molecule has 0 atom stereocenters. The lowest BCUT2D eigenvalue weighted by Gasteiger charge is -2.28. The molecule has 0 spiro atoms. The molecule has 1 aromatic carbocycles. The number of para-hydroxylation sites is 1. The standard InChI is InChI=1S/C20H22N2O2/c1-12-8-13(2)22-19-14(12)6-5-7-16(19)21-11-15-17(23)9-20(3,4)10-18(15)24/h5-8,11,23H,9-10H2,1-4H3. The van der Waals surface area contributed by atoms with E-state index in [-0.39, 0.29) is 17.0 Å². The summed E-state index contributed by atoms with van der Waals surface area (Å²) in [7, 11) is 0. The van der Waals surface area contributed by atoms with Crippen molar-refractivity contribution in [3.05, 3.63) is 46.9 Å². The molecule has 3 rings (SSSR count). The molecule has 2 aromatic rings. The zero-order valence-corrected chi connectivity index (χ0v) is 14.6. The lowest BCUT2D eigenvalue weighted by molar-refractivity contribution is -0.117. The van der Waals surface area contributed by atoms with Crippen molar-refractivity contribution in [1.82, 2.24) is 4.98 Å². The highest BCUT2D eigenvalue weighted by Crippen LogP contribution is 2.35. The number of aliphatic hydroxyl groups excluding tert-OH is 1. The highest BCUT2D eigenvalue weighted by atomic mass is 16.3. The summed E-state index contributed by atoms with van der Waals surface area (Å²) in [4.78, 5) is 21.3. The number of aryl methyl sites for hydroxylation is 2. The van der Waals surface area contributed by atoms with Gasteiger partial charge in [0.2, 0.25) is 0 Å². The van der Waals surface area contributed by atoms with E-state index < -0.39 is 0 Å². The first-order valence-corrected chi connectivity index (χ1v) is 8.13. The zero-order chi connectivity index (χ0) is 17.5. The topological polar surface area (TPSA) is 62.6 Å². The highest BCUT2D eigenvalue weighted by Gasteiger charge is 2.32. The quantitative estimate of drug-likeness (QED) is 0.811. The molecular formula is C20H22N2O2. The minimum Gasteiger partial charge on any atom is -0.511 e. The van der Waals surface area contributed by atoms with Crippen LogP contribution in [0.1, 0.15) is 37.9 Å². The molecule has 0 saturated carbocycles. The first-order valence-electron chi connectivity index (χ1n) is 8.13. The molecule has 0 saturated heterocycles. The number of Topliss-reactive ketones (excluding diaryl/α,β-unsaturated/α-hetero) is 1. The minimum atomic E-state index is -0.201. The second-order valence-corrected chi connectivity index (χ2v) is 7.31. The Morgan fingerprint density at radius 1 is 1.25 bits per heavy atom. The maximum atomic E-state index is 12.3. The lowest BCUT2D eigenvalue weighted by atomic mass is 9.77. The van der Waals surface area contributed by atoms with Crippen LogP contribution >= 0.6 is 0 Å². The molecule has 1 aromatic heterocycles. The van der Waals surface area contributed by atoms with Crippen LogP contribution in [0.3, 0.4) is 0 Å². The SMILES string of the molecule is Cc1cc(C)c2cccc(N=CC3=C(O)CC(C)(C)CC3=O)c2n1. The molecule has 4 nitrogen and oxygen atoms in total. The number of aromatic nitrogens is 1. The molecule has 0 bridgehead atoms. The van der Waals surface area contributed by atoms with Crippen LogP contribution in [-0.2, 0) is 4.79 Å². The van der Waals surface area contributed by atoms with Crippen molar-refractivity contribution < 1.29 is 9.90 Å². The fraction of sp³-hybridized carbons (Fsp3) is 0.350. The van der Waals surface area contributed by atoms with E-state index in [1.54, 1.807) is 0 Å². The summed E-state index contributed by atoms with van der Waals surface area (Å²) < 4.78 is 0. The van der Waals surface area contributed by atoms with Gasteiger partial charge in [0.15, 0.2) is 5.78 Å². The Morgan fingerprint density at radius 3 is 2.71 bits per heavy atom. The third-order valence-electron chi connectivity index (χ3n) is 4.38. The van der Waals surface area contributed by atoms with E-state index in [0.717, 1.165) is 22.2 Å². The average Bonchev–Trinajstić information content (AvgIpc) is 2.45. The lowest BCUT2D eigenvalue weighted by Crippen LogP contribution is -2.26. The van der Waals surface area contributed by atoms with E-state index in [9.17, 15) is 9.90 Å². The molecule has 0 fully saturated rings. The predicted octanol–water partition coefficient (Wildman–Crippen LogP) is 4.76. The smallest absolute Gasteiger partial charge is 0.168 e. The van der Waals surface area contributed by atoms with Gasteiger partial charge in [0.05, 0.1) is 16.8 Å². The Kier molecular flexibility index (Phi) is 3.99. The number of hydrogen-bond acceptors (Lipinski definition) is 4. The van der Waals surface area contributed by atoms with Gasteiger partial charge in [-0.1, -0.05) is 26.0 Å². The van der Waals surface area contributed by atoms with Crippen LogP contribution in [0.15, 0.2) is 40.6 Å². The maximum absolute atomic E-state index is 12.3. The van der Waals surface area contributed by atoms with E-state index in [1.807, 2.05) is 52.0 Å². The second-order valence-electron chi connectivity index (χ2n) is 7.31. The molecule has 1 N–H and O–H groups in total. The van der Waals surface area contributed by atoms with Crippen LogP contribution in [0.25, 0.3) is 10.9 Å². The van der Waals surface area contributed by atoms with Crippen molar-refractivity contribution in [2.24, 2.45) is 10.4 Å². The van der Waals surface area contributed by atoms with E-state index in [0.29, 0.717) is 24.1 Å². The molecular weight excluding hydrogens is 300 g/mol. The number of rotatable bonds is 2. The Hall–Kier alpha value is -2.49. The molecule has 0 radical (unpaired) electrons. The zero-order valence-electron chi connectivity index (χ0n) is 14.6. The van der Waals surface area contributed by atoms with Crippen molar-refractivity contribution in [2.75, 3.05) is 0 Å².